The molecule has 0 saturated carbocycles. The molecule has 1 aliphatic rings. The van der Waals surface area contributed by atoms with Crippen LogP contribution in [0.15, 0.2) is 51.4 Å². The van der Waals surface area contributed by atoms with Crippen LogP contribution >= 0.6 is 0 Å². The minimum Gasteiger partial charge on any atom is -0.465 e. The molecule has 0 radical (unpaired) electrons. The molecule has 1 unspecified atom stereocenters. The van der Waals surface area contributed by atoms with E-state index in [1.165, 1.54) is 6.07 Å². The number of furan rings is 1. The maximum Gasteiger partial charge on any atom is 0.259 e. The van der Waals surface area contributed by atoms with E-state index < -0.39 is 5.82 Å². The number of hydrogen-bond acceptors (Lipinski definition) is 7. The van der Waals surface area contributed by atoms with Crippen molar-refractivity contribution in [3.05, 3.63) is 71.1 Å². The molecule has 176 valence electrons. The molecule has 8 nitrogen and oxygen atoms in total. The number of hydrogen-bond donors (Lipinski definition) is 1. The van der Waals surface area contributed by atoms with E-state index in [1.54, 1.807) is 31.2 Å². The summed E-state index contributed by atoms with van der Waals surface area (Å²) in [4.78, 5) is 20.1. The summed E-state index contributed by atoms with van der Waals surface area (Å²) in [6, 6.07) is 11.6. The molecule has 1 aliphatic heterocycles. The van der Waals surface area contributed by atoms with Crippen molar-refractivity contribution in [3.8, 4) is 11.3 Å². The first-order valence-corrected chi connectivity index (χ1v) is 11.2. The lowest BCUT2D eigenvalue weighted by Crippen LogP contribution is -2.43. The van der Waals surface area contributed by atoms with Crippen molar-refractivity contribution >= 4 is 17.0 Å². The zero-order valence-corrected chi connectivity index (χ0v) is 19.0. The summed E-state index contributed by atoms with van der Waals surface area (Å²) in [6.07, 6.45) is 0. The number of halogens is 1. The molecule has 4 aromatic rings. The van der Waals surface area contributed by atoms with Gasteiger partial charge < -0.3 is 19.0 Å². The molecule has 4 heterocycles. The molecular formula is C25H25FN4O4. The Bertz CT molecular complexity index is 1330. The predicted octanol–water partition coefficient (Wildman–Crippen LogP) is 4.04. The first kappa shape index (κ1) is 22.2. The van der Waals surface area contributed by atoms with Gasteiger partial charge in [0.1, 0.15) is 17.3 Å². The Kier molecular flexibility index (Phi) is 6.12. The zero-order valence-electron chi connectivity index (χ0n) is 19.0. The van der Waals surface area contributed by atoms with Crippen LogP contribution in [0.4, 0.5) is 4.39 Å². The van der Waals surface area contributed by atoms with Crippen molar-refractivity contribution in [2.75, 3.05) is 32.8 Å². The molecular weight excluding hydrogens is 439 g/mol. The number of ether oxygens (including phenoxy) is 1. The number of carbonyl (C=O) groups is 1. The van der Waals surface area contributed by atoms with Gasteiger partial charge in [-0.05, 0) is 44.2 Å². The highest BCUT2D eigenvalue weighted by atomic mass is 19.1. The number of aromatic nitrogens is 2. The van der Waals surface area contributed by atoms with Crippen LogP contribution in [0, 0.1) is 19.7 Å². The fourth-order valence-electron chi connectivity index (χ4n) is 4.30. The predicted molar refractivity (Wildman–Crippen MR) is 123 cm³/mol. The smallest absolute Gasteiger partial charge is 0.259 e. The topological polar surface area (TPSA) is 93.6 Å². The Hall–Kier alpha value is -3.56. The fourth-order valence-corrected chi connectivity index (χ4v) is 4.30. The molecule has 1 N–H and O–H groups in total. The Morgan fingerprint density at radius 1 is 1.18 bits per heavy atom. The second kappa shape index (κ2) is 9.36. The Morgan fingerprint density at radius 2 is 1.97 bits per heavy atom. The number of carbonyl (C=O) groups excluding carboxylic acids is 1. The second-order valence-corrected chi connectivity index (χ2v) is 8.31. The number of benzene rings is 1. The summed E-state index contributed by atoms with van der Waals surface area (Å²) in [7, 11) is 0. The number of pyridine rings is 1. The van der Waals surface area contributed by atoms with E-state index in [1.807, 2.05) is 19.1 Å². The van der Waals surface area contributed by atoms with Gasteiger partial charge >= 0.3 is 0 Å². The number of nitrogens with zero attached hydrogens (tertiary/aromatic N) is 3. The molecule has 0 aliphatic carbocycles. The van der Waals surface area contributed by atoms with Gasteiger partial charge in [0, 0.05) is 25.2 Å². The Morgan fingerprint density at radius 3 is 2.71 bits per heavy atom. The minimum atomic E-state index is -0.433. The van der Waals surface area contributed by atoms with Gasteiger partial charge in [-0.1, -0.05) is 17.3 Å². The van der Waals surface area contributed by atoms with Crippen molar-refractivity contribution in [3.63, 3.8) is 0 Å². The van der Waals surface area contributed by atoms with E-state index in [4.69, 9.17) is 13.7 Å². The van der Waals surface area contributed by atoms with Gasteiger partial charge in [0.25, 0.3) is 11.6 Å². The number of morpholine rings is 1. The SMILES string of the molecule is Cc1ccc(C(CNC(=O)c2cc(-c3ccccc3F)nc3onc(C)c23)N2CCOCC2)o1. The van der Waals surface area contributed by atoms with Gasteiger partial charge in [0.15, 0.2) is 0 Å². The zero-order chi connectivity index (χ0) is 23.7. The monoisotopic (exact) mass is 464 g/mol. The van der Waals surface area contributed by atoms with E-state index in [9.17, 15) is 9.18 Å². The van der Waals surface area contributed by atoms with E-state index in [0.29, 0.717) is 42.1 Å². The lowest BCUT2D eigenvalue weighted by atomic mass is 10.0. The molecule has 1 aromatic carbocycles. The lowest BCUT2D eigenvalue weighted by Gasteiger charge is -2.33. The van der Waals surface area contributed by atoms with Crippen LogP contribution < -0.4 is 5.32 Å². The molecule has 1 atom stereocenters. The number of amides is 1. The highest BCUT2D eigenvalue weighted by molar-refractivity contribution is 6.07. The van der Waals surface area contributed by atoms with Crippen molar-refractivity contribution in [1.29, 1.82) is 0 Å². The number of aryl methyl sites for hydroxylation is 2. The fraction of sp³-hybridized carbons (Fsp3) is 0.320. The van der Waals surface area contributed by atoms with Crippen molar-refractivity contribution in [1.82, 2.24) is 20.4 Å². The first-order valence-electron chi connectivity index (χ1n) is 11.2. The third-order valence-corrected chi connectivity index (χ3v) is 6.04. The lowest BCUT2D eigenvalue weighted by molar-refractivity contribution is 0.0117. The molecule has 0 spiro atoms. The van der Waals surface area contributed by atoms with Crippen LogP contribution in [-0.4, -0.2) is 53.8 Å². The number of fused-ring (bicyclic) bond motifs is 1. The van der Waals surface area contributed by atoms with E-state index >= 15 is 0 Å². The molecule has 3 aromatic heterocycles. The van der Waals surface area contributed by atoms with E-state index in [2.05, 4.69) is 20.4 Å². The van der Waals surface area contributed by atoms with Crippen molar-refractivity contribution in [2.24, 2.45) is 0 Å². The highest BCUT2D eigenvalue weighted by Gasteiger charge is 2.27. The van der Waals surface area contributed by atoms with Crippen LogP contribution in [0.3, 0.4) is 0 Å². The third-order valence-electron chi connectivity index (χ3n) is 6.04. The molecule has 1 fully saturated rings. The first-order chi connectivity index (χ1) is 16.5. The van der Waals surface area contributed by atoms with Gasteiger partial charge in [-0.25, -0.2) is 9.37 Å². The summed E-state index contributed by atoms with van der Waals surface area (Å²) in [5.74, 6) is 0.841. The number of nitrogens with one attached hydrogen (secondary N) is 1. The van der Waals surface area contributed by atoms with Crippen molar-refractivity contribution in [2.45, 2.75) is 19.9 Å². The normalized spacial score (nSPS) is 15.5. The molecule has 5 rings (SSSR count). The van der Waals surface area contributed by atoms with Crippen LogP contribution in [0.25, 0.3) is 22.4 Å². The standard InChI is InChI=1S/C25H25FN4O4/c1-15-7-8-22(33-15)21(30-9-11-32-12-10-30)14-27-24(31)18-13-20(17-5-3-4-6-19(17)26)28-25-23(18)16(2)29-34-25/h3-8,13,21H,9-12,14H2,1-2H3,(H,27,31). The van der Waals surface area contributed by atoms with Crippen LogP contribution in [0.5, 0.6) is 0 Å². The van der Waals surface area contributed by atoms with Gasteiger partial charge in [-0.2, -0.15) is 0 Å². The second-order valence-electron chi connectivity index (χ2n) is 8.31. The number of rotatable bonds is 6. The quantitative estimate of drug-likeness (QED) is 0.460. The van der Waals surface area contributed by atoms with Gasteiger partial charge in [0.2, 0.25) is 0 Å². The summed E-state index contributed by atoms with van der Waals surface area (Å²) in [5.41, 5.74) is 1.65. The van der Waals surface area contributed by atoms with Crippen LogP contribution in [0.1, 0.15) is 33.6 Å². The summed E-state index contributed by atoms with van der Waals surface area (Å²) in [5, 5.41) is 7.51. The maximum absolute atomic E-state index is 14.4. The van der Waals surface area contributed by atoms with Crippen LogP contribution in [-0.2, 0) is 4.74 Å². The van der Waals surface area contributed by atoms with Gasteiger partial charge in [-0.15, -0.1) is 0 Å². The largest absolute Gasteiger partial charge is 0.465 e. The molecule has 9 heteroatoms. The average Bonchev–Trinajstić information content (AvgIpc) is 3.45. The minimum absolute atomic E-state index is 0.145. The van der Waals surface area contributed by atoms with Gasteiger partial charge in [-0.3, -0.25) is 9.69 Å². The van der Waals surface area contributed by atoms with Crippen molar-refractivity contribution < 1.29 is 22.9 Å². The average molecular weight is 464 g/mol. The van der Waals surface area contributed by atoms with E-state index in [-0.39, 0.29) is 23.2 Å². The Balaban J connectivity index is 1.46. The highest BCUT2D eigenvalue weighted by Crippen LogP contribution is 2.29. The molecule has 1 saturated heterocycles. The summed E-state index contributed by atoms with van der Waals surface area (Å²) < 4.78 is 31.2. The van der Waals surface area contributed by atoms with Gasteiger partial charge in [0.05, 0.1) is 41.6 Å². The van der Waals surface area contributed by atoms with E-state index in [0.717, 1.165) is 24.6 Å². The molecule has 1 amide bonds. The summed E-state index contributed by atoms with van der Waals surface area (Å²) >= 11 is 0. The third kappa shape index (κ3) is 4.32. The maximum atomic E-state index is 14.4. The molecule has 34 heavy (non-hydrogen) atoms. The molecule has 0 bridgehead atoms. The Labute approximate surface area is 195 Å². The van der Waals surface area contributed by atoms with Crippen LogP contribution in [0.2, 0.25) is 0 Å². The summed E-state index contributed by atoms with van der Waals surface area (Å²) in [6.45, 7) is 6.70.